The van der Waals surface area contributed by atoms with Crippen molar-refractivity contribution in [2.24, 2.45) is 17.8 Å². The zero-order chi connectivity index (χ0) is 31.6. The number of carbonyl (C=O) groups excluding carboxylic acids is 3. The summed E-state index contributed by atoms with van der Waals surface area (Å²) in [7, 11) is 0. The number of nitrogens with zero attached hydrogens (tertiary/aromatic N) is 2. The van der Waals surface area contributed by atoms with Crippen molar-refractivity contribution in [2.45, 2.75) is 82.6 Å². The van der Waals surface area contributed by atoms with Gasteiger partial charge < -0.3 is 24.4 Å². The molecule has 2 amide bonds. The zero-order valence-electron chi connectivity index (χ0n) is 26.2. The maximum Gasteiger partial charge on any atom is 0.312 e. The molecule has 2 aromatic carbocycles. The lowest BCUT2D eigenvalue weighted by Crippen LogP contribution is -2.60. The Balaban J connectivity index is 1.57. The van der Waals surface area contributed by atoms with Crippen LogP contribution < -0.4 is 4.90 Å². The highest BCUT2D eigenvalue weighted by molar-refractivity contribution is 6.05. The number of amides is 2. The van der Waals surface area contributed by atoms with Crippen LogP contribution in [0.15, 0.2) is 67.8 Å². The number of esters is 1. The summed E-state index contributed by atoms with van der Waals surface area (Å²) in [5.41, 5.74) is -1.42. The first-order valence-electron chi connectivity index (χ1n) is 16.0. The molecule has 0 aliphatic carbocycles. The standard InChI is InChI=1S/C36H46N2O6/c1-6-9-10-13-21-43-34(42)30-29-32(40)38(28(23-39)24(4)5)31(36(29)19-18-35(30,8-3)44-36)33(41)37(20-7-2)27-17-16-25-14-11-12-15-26(25)22-27/h6-7,11-12,14-17,22,24,28-31,39H,1-2,8-10,13,18-21,23H2,3-5H3/t28-,29-,30+,31?,35-,36?/m0/s1. The molecule has 3 fully saturated rings. The van der Waals surface area contributed by atoms with E-state index >= 15 is 0 Å². The Morgan fingerprint density at radius 2 is 1.89 bits per heavy atom. The average Bonchev–Trinajstić information content (AvgIpc) is 3.63. The second-order valence-electron chi connectivity index (χ2n) is 12.8. The van der Waals surface area contributed by atoms with Gasteiger partial charge in [-0.25, -0.2) is 0 Å². The van der Waals surface area contributed by atoms with Crippen LogP contribution in [-0.2, 0) is 23.9 Å². The van der Waals surface area contributed by atoms with Gasteiger partial charge in [0, 0.05) is 12.2 Å². The van der Waals surface area contributed by atoms with Crippen LogP contribution in [0.2, 0.25) is 0 Å². The Bertz CT molecular complexity index is 1420. The highest BCUT2D eigenvalue weighted by Crippen LogP contribution is 2.65. The molecule has 236 valence electrons. The largest absolute Gasteiger partial charge is 0.465 e. The molecule has 2 unspecified atom stereocenters. The molecule has 2 bridgehead atoms. The summed E-state index contributed by atoms with van der Waals surface area (Å²) >= 11 is 0. The topological polar surface area (TPSA) is 96.4 Å². The number of hydrogen-bond acceptors (Lipinski definition) is 6. The molecule has 0 aromatic heterocycles. The second-order valence-corrected chi connectivity index (χ2v) is 12.8. The minimum atomic E-state index is -1.21. The molecule has 3 aliphatic heterocycles. The van der Waals surface area contributed by atoms with Crippen LogP contribution in [0.1, 0.15) is 59.3 Å². The molecular formula is C36H46N2O6. The summed E-state index contributed by atoms with van der Waals surface area (Å²) < 4.78 is 12.7. The van der Waals surface area contributed by atoms with Gasteiger partial charge in [-0.3, -0.25) is 14.4 Å². The number of unbranched alkanes of at least 4 members (excludes halogenated alkanes) is 2. The maximum atomic E-state index is 14.9. The number of aliphatic hydroxyl groups excluding tert-OH is 1. The van der Waals surface area contributed by atoms with Gasteiger partial charge in [0.2, 0.25) is 5.91 Å². The van der Waals surface area contributed by atoms with Gasteiger partial charge in [-0.1, -0.05) is 63.3 Å². The molecule has 5 rings (SSSR count). The van der Waals surface area contributed by atoms with Crippen molar-refractivity contribution >= 4 is 34.2 Å². The number of anilines is 1. The molecule has 6 atom stereocenters. The van der Waals surface area contributed by atoms with E-state index in [4.69, 9.17) is 9.47 Å². The highest BCUT2D eigenvalue weighted by Gasteiger charge is 2.79. The lowest BCUT2D eigenvalue weighted by molar-refractivity contribution is -0.162. The Kier molecular flexibility index (Phi) is 9.33. The quantitative estimate of drug-likeness (QED) is 0.176. The Morgan fingerprint density at radius 1 is 1.14 bits per heavy atom. The number of benzene rings is 2. The summed E-state index contributed by atoms with van der Waals surface area (Å²) in [6.07, 6.45) is 7.42. The fourth-order valence-corrected chi connectivity index (χ4v) is 7.87. The van der Waals surface area contributed by atoms with Crippen molar-refractivity contribution in [3.05, 3.63) is 67.8 Å². The summed E-state index contributed by atoms with van der Waals surface area (Å²) in [4.78, 5) is 46.5. The smallest absolute Gasteiger partial charge is 0.312 e. The van der Waals surface area contributed by atoms with E-state index in [2.05, 4.69) is 13.2 Å². The number of rotatable bonds is 14. The summed E-state index contributed by atoms with van der Waals surface area (Å²) in [5.74, 6) is -2.91. The van der Waals surface area contributed by atoms with Gasteiger partial charge in [0.1, 0.15) is 17.6 Å². The molecule has 0 saturated carbocycles. The molecule has 44 heavy (non-hydrogen) atoms. The van der Waals surface area contributed by atoms with Crippen molar-refractivity contribution in [2.75, 3.05) is 24.7 Å². The number of carbonyl (C=O) groups is 3. The third kappa shape index (κ3) is 5.16. The van der Waals surface area contributed by atoms with E-state index in [9.17, 15) is 19.5 Å². The van der Waals surface area contributed by atoms with E-state index in [0.29, 0.717) is 31.4 Å². The molecule has 2 aromatic rings. The van der Waals surface area contributed by atoms with Crippen molar-refractivity contribution in [1.82, 2.24) is 4.90 Å². The van der Waals surface area contributed by atoms with Crippen LogP contribution in [0, 0.1) is 17.8 Å². The minimum absolute atomic E-state index is 0.143. The number of likely N-dealkylation sites (tertiary alicyclic amines) is 1. The van der Waals surface area contributed by atoms with Gasteiger partial charge in [-0.2, -0.15) is 0 Å². The Labute approximate surface area is 260 Å². The van der Waals surface area contributed by atoms with Gasteiger partial charge in [0.25, 0.3) is 5.91 Å². The van der Waals surface area contributed by atoms with Crippen LogP contribution in [0.5, 0.6) is 0 Å². The lowest BCUT2D eigenvalue weighted by Gasteiger charge is -2.40. The van der Waals surface area contributed by atoms with Gasteiger partial charge in [0.15, 0.2) is 0 Å². The Morgan fingerprint density at radius 3 is 2.55 bits per heavy atom. The van der Waals surface area contributed by atoms with Gasteiger partial charge >= 0.3 is 5.97 Å². The third-order valence-corrected chi connectivity index (χ3v) is 10.1. The second kappa shape index (κ2) is 12.9. The lowest BCUT2D eigenvalue weighted by atomic mass is 9.65. The zero-order valence-corrected chi connectivity index (χ0v) is 26.2. The Hall–Kier alpha value is -3.49. The van der Waals surface area contributed by atoms with E-state index in [1.807, 2.05) is 69.3 Å². The van der Waals surface area contributed by atoms with Crippen molar-refractivity contribution in [1.29, 1.82) is 0 Å². The van der Waals surface area contributed by atoms with Crippen molar-refractivity contribution in [3.8, 4) is 0 Å². The average molecular weight is 603 g/mol. The predicted molar refractivity (Wildman–Crippen MR) is 171 cm³/mol. The first kappa shape index (κ1) is 31.9. The van der Waals surface area contributed by atoms with E-state index in [1.165, 1.54) is 0 Å². The summed E-state index contributed by atoms with van der Waals surface area (Å²) in [6.45, 7) is 13.6. The van der Waals surface area contributed by atoms with Crippen molar-refractivity contribution in [3.63, 3.8) is 0 Å². The van der Waals surface area contributed by atoms with Crippen LogP contribution in [0.3, 0.4) is 0 Å². The first-order valence-corrected chi connectivity index (χ1v) is 16.0. The van der Waals surface area contributed by atoms with E-state index in [-0.39, 0.29) is 37.5 Å². The highest BCUT2D eigenvalue weighted by atomic mass is 16.6. The molecular weight excluding hydrogens is 556 g/mol. The van der Waals surface area contributed by atoms with Gasteiger partial charge in [-0.05, 0) is 67.3 Å². The first-order chi connectivity index (χ1) is 21.2. The summed E-state index contributed by atoms with van der Waals surface area (Å²) in [5, 5.41) is 12.6. The van der Waals surface area contributed by atoms with Crippen LogP contribution in [0.4, 0.5) is 5.69 Å². The fraction of sp³-hybridized carbons (Fsp3) is 0.528. The minimum Gasteiger partial charge on any atom is -0.465 e. The third-order valence-electron chi connectivity index (χ3n) is 10.1. The number of hydrogen-bond donors (Lipinski definition) is 1. The number of ether oxygens (including phenoxy) is 2. The normalized spacial score (nSPS) is 27.9. The molecule has 3 aliphatic rings. The number of allylic oxidation sites excluding steroid dienone is 1. The SMILES string of the molecule is C=CCCCCOC(=O)[C@H]1[C@H]2C(=O)N([C@@H](CO)C(C)C)C(C(=O)N(CC=C)c3ccc4ccccc4c3)C23CC[C@]1(CC)O3. The van der Waals surface area contributed by atoms with Crippen molar-refractivity contribution < 1.29 is 29.0 Å². The van der Waals surface area contributed by atoms with Crippen LogP contribution in [-0.4, -0.2) is 70.8 Å². The molecule has 0 radical (unpaired) electrons. The molecule has 1 N–H and O–H groups in total. The van der Waals surface area contributed by atoms with Crippen LogP contribution in [0.25, 0.3) is 10.8 Å². The predicted octanol–water partition coefficient (Wildman–Crippen LogP) is 5.43. The maximum absolute atomic E-state index is 14.9. The van der Waals surface area contributed by atoms with Gasteiger partial charge in [0.05, 0.1) is 30.8 Å². The summed E-state index contributed by atoms with van der Waals surface area (Å²) in [6, 6.07) is 12.1. The molecule has 8 nitrogen and oxygen atoms in total. The molecule has 3 heterocycles. The van der Waals surface area contributed by atoms with E-state index < -0.39 is 41.1 Å². The van der Waals surface area contributed by atoms with E-state index in [0.717, 1.165) is 23.6 Å². The van der Waals surface area contributed by atoms with E-state index in [1.54, 1.807) is 15.9 Å². The van der Waals surface area contributed by atoms with Crippen LogP contribution >= 0.6 is 0 Å². The molecule has 8 heteroatoms. The monoisotopic (exact) mass is 602 g/mol. The number of fused-ring (bicyclic) bond motifs is 2. The van der Waals surface area contributed by atoms with Gasteiger partial charge in [-0.15, -0.1) is 13.2 Å². The molecule has 1 spiro atoms. The fourth-order valence-electron chi connectivity index (χ4n) is 7.87. The number of aliphatic hydroxyl groups is 1. The molecule has 3 saturated heterocycles.